The molecule has 0 aromatic heterocycles. The third-order valence-electron chi connectivity index (χ3n) is 2.80. The number of sulfone groups is 1. The van der Waals surface area contributed by atoms with E-state index in [1.165, 1.54) is 18.2 Å². The van der Waals surface area contributed by atoms with Crippen molar-refractivity contribution in [3.8, 4) is 11.1 Å². The molecule has 0 aliphatic rings. The Labute approximate surface area is 157 Å². The first-order valence-corrected chi connectivity index (χ1v) is 9.72. The average molecular weight is 439 g/mol. The Morgan fingerprint density at radius 3 is 1.82 bits per heavy atom. The molecule has 0 bridgehead atoms. The van der Waals surface area contributed by atoms with Crippen LogP contribution in [0.4, 0.5) is 0 Å². The lowest BCUT2D eigenvalue weighted by atomic mass is 10.1. The van der Waals surface area contributed by atoms with E-state index in [-0.39, 0.29) is 35.0 Å². The quantitative estimate of drug-likeness (QED) is 0.387. The summed E-state index contributed by atoms with van der Waals surface area (Å²) in [4.78, 5) is -0.116. The number of hydrogen-bond acceptors (Lipinski definition) is 2. The van der Waals surface area contributed by atoms with Gasteiger partial charge >= 0.3 is 0 Å². The molecule has 0 N–H and O–H groups in total. The van der Waals surface area contributed by atoms with Crippen molar-refractivity contribution in [3.63, 3.8) is 0 Å². The van der Waals surface area contributed by atoms with E-state index in [2.05, 4.69) is 0 Å². The lowest BCUT2D eigenvalue weighted by Gasteiger charge is -2.13. The molecule has 22 heavy (non-hydrogen) atoms. The first kappa shape index (κ1) is 18.5. The molecular weight excluding hydrogens is 433 g/mol. The third kappa shape index (κ3) is 3.46. The fourth-order valence-corrected chi connectivity index (χ4v) is 4.39. The van der Waals surface area contributed by atoms with Gasteiger partial charge in [0.15, 0.2) is 9.84 Å². The Kier molecular flexibility index (Phi) is 5.51. The first-order valence-electron chi connectivity index (χ1n) is 5.56. The van der Waals surface area contributed by atoms with E-state index in [0.29, 0.717) is 11.1 Å². The summed E-state index contributed by atoms with van der Waals surface area (Å²) in [5.41, 5.74) is 0.624. The van der Waals surface area contributed by atoms with Crippen molar-refractivity contribution in [1.29, 1.82) is 0 Å². The zero-order valence-corrected chi connectivity index (χ0v) is 16.1. The number of rotatable bonds is 2. The highest BCUT2D eigenvalue weighted by molar-refractivity contribution is 7.90. The van der Waals surface area contributed by atoms with E-state index in [1.807, 2.05) is 0 Å². The Morgan fingerprint density at radius 2 is 1.27 bits per heavy atom. The largest absolute Gasteiger partial charge is 0.224 e. The van der Waals surface area contributed by atoms with Crippen LogP contribution in [0.3, 0.4) is 0 Å². The molecule has 0 unspecified atom stereocenters. The Bertz CT molecular complexity index is 877. The molecule has 2 aromatic rings. The molecule has 0 aliphatic heterocycles. The maximum Gasteiger partial charge on any atom is 0.177 e. The fraction of sp³-hybridized carbons (Fsp3) is 0.0769. The molecule has 2 rings (SSSR count). The van der Waals surface area contributed by atoms with Crippen LogP contribution >= 0.6 is 69.6 Å². The van der Waals surface area contributed by atoms with Gasteiger partial charge in [-0.3, -0.25) is 0 Å². The molecule has 2 aromatic carbocycles. The summed E-state index contributed by atoms with van der Waals surface area (Å²) >= 11 is 36.3. The van der Waals surface area contributed by atoms with Crippen molar-refractivity contribution in [2.75, 3.05) is 6.26 Å². The van der Waals surface area contributed by atoms with Crippen molar-refractivity contribution >= 4 is 79.4 Å². The summed E-state index contributed by atoms with van der Waals surface area (Å²) in [6.07, 6.45) is 1.03. The molecule has 9 heteroatoms. The van der Waals surface area contributed by atoms with Crippen LogP contribution in [0, 0.1) is 0 Å². The topological polar surface area (TPSA) is 34.1 Å². The van der Waals surface area contributed by atoms with E-state index in [0.717, 1.165) is 6.26 Å². The number of hydrogen-bond donors (Lipinski definition) is 0. The second-order valence-corrected chi connectivity index (χ2v) is 8.73. The fourth-order valence-electron chi connectivity index (χ4n) is 1.80. The van der Waals surface area contributed by atoms with Crippen molar-refractivity contribution in [1.82, 2.24) is 0 Å². The normalized spacial score (nSPS) is 11.8. The van der Waals surface area contributed by atoms with E-state index in [1.54, 1.807) is 0 Å². The lowest BCUT2D eigenvalue weighted by molar-refractivity contribution is 0.602. The molecule has 0 amide bonds. The molecule has 2 nitrogen and oxygen atoms in total. The highest BCUT2D eigenvalue weighted by Gasteiger charge is 2.21. The predicted octanol–water partition coefficient (Wildman–Crippen LogP) is 6.68. The number of halogens is 6. The molecule has 0 spiro atoms. The van der Waals surface area contributed by atoms with Gasteiger partial charge in [-0.1, -0.05) is 69.6 Å². The molecule has 118 valence electrons. The standard InChI is InChI=1S/C13H6Cl6O2S/c1-22(20,21)9-3-5(14)2-6(10(9)16)7-4-8(15)12(18)13(19)11(7)17/h2-4H,1H3. The summed E-state index contributed by atoms with van der Waals surface area (Å²) < 4.78 is 23.6. The first-order chi connectivity index (χ1) is 10.0. The van der Waals surface area contributed by atoms with E-state index in [4.69, 9.17) is 69.6 Å². The Morgan fingerprint density at radius 1 is 0.727 bits per heavy atom. The molecule has 0 atom stereocenters. The highest BCUT2D eigenvalue weighted by atomic mass is 35.5. The van der Waals surface area contributed by atoms with E-state index >= 15 is 0 Å². The van der Waals surface area contributed by atoms with Gasteiger partial charge in [0.25, 0.3) is 0 Å². The monoisotopic (exact) mass is 436 g/mol. The van der Waals surface area contributed by atoms with Crippen LogP contribution in [0.1, 0.15) is 0 Å². The maximum atomic E-state index is 11.8. The van der Waals surface area contributed by atoms with Crippen LogP contribution in [0.15, 0.2) is 23.1 Å². The summed E-state index contributed by atoms with van der Waals surface area (Å²) in [6.45, 7) is 0. The second-order valence-electron chi connectivity index (χ2n) is 4.39. The van der Waals surface area contributed by atoms with Crippen molar-refractivity contribution < 1.29 is 8.42 Å². The second kappa shape index (κ2) is 6.56. The predicted molar refractivity (Wildman–Crippen MR) is 95.0 cm³/mol. The van der Waals surface area contributed by atoms with Crippen LogP contribution in [-0.4, -0.2) is 14.7 Å². The zero-order valence-electron chi connectivity index (χ0n) is 10.7. The minimum absolute atomic E-state index is 0.0248. The van der Waals surface area contributed by atoms with Gasteiger partial charge in [0, 0.05) is 22.4 Å². The van der Waals surface area contributed by atoms with Gasteiger partial charge in [-0.15, -0.1) is 0 Å². The van der Waals surface area contributed by atoms with Gasteiger partial charge in [-0.25, -0.2) is 8.42 Å². The smallest absolute Gasteiger partial charge is 0.177 e. The summed E-state index contributed by atoms with van der Waals surface area (Å²) in [6, 6.07) is 4.18. The van der Waals surface area contributed by atoms with Crippen LogP contribution in [0.25, 0.3) is 11.1 Å². The summed E-state index contributed by atoms with van der Waals surface area (Å²) in [5, 5.41) is 0.547. The third-order valence-corrected chi connectivity index (χ3v) is 6.41. The molecule has 0 saturated heterocycles. The Balaban J connectivity index is 2.88. The van der Waals surface area contributed by atoms with E-state index in [9.17, 15) is 8.42 Å². The van der Waals surface area contributed by atoms with Crippen LogP contribution < -0.4 is 0 Å². The molecular formula is C13H6Cl6O2S. The summed E-state index contributed by atoms with van der Waals surface area (Å²) in [5.74, 6) is 0. The molecule has 0 heterocycles. The van der Waals surface area contributed by atoms with Gasteiger partial charge < -0.3 is 0 Å². The summed E-state index contributed by atoms with van der Waals surface area (Å²) in [7, 11) is -3.58. The van der Waals surface area contributed by atoms with Gasteiger partial charge in [0.05, 0.1) is 30.0 Å². The van der Waals surface area contributed by atoms with Crippen molar-refractivity contribution in [3.05, 3.63) is 48.3 Å². The van der Waals surface area contributed by atoms with Gasteiger partial charge in [0.2, 0.25) is 0 Å². The average Bonchev–Trinajstić information content (AvgIpc) is 2.41. The van der Waals surface area contributed by atoms with Crippen molar-refractivity contribution in [2.45, 2.75) is 4.90 Å². The zero-order chi connectivity index (χ0) is 16.8. The van der Waals surface area contributed by atoms with Gasteiger partial charge in [-0.05, 0) is 18.2 Å². The molecule has 0 aliphatic carbocycles. The van der Waals surface area contributed by atoms with Crippen LogP contribution in [-0.2, 0) is 9.84 Å². The highest BCUT2D eigenvalue weighted by Crippen LogP contribution is 2.45. The molecule has 0 fully saturated rings. The van der Waals surface area contributed by atoms with Crippen molar-refractivity contribution in [2.24, 2.45) is 0 Å². The number of benzene rings is 2. The molecule has 0 saturated carbocycles. The lowest BCUT2D eigenvalue weighted by Crippen LogP contribution is -1.99. The van der Waals surface area contributed by atoms with E-state index < -0.39 is 9.84 Å². The Hall–Kier alpha value is 0.130. The maximum absolute atomic E-state index is 11.8. The van der Waals surface area contributed by atoms with Gasteiger partial charge in [-0.2, -0.15) is 0 Å². The SMILES string of the molecule is CS(=O)(=O)c1cc(Cl)cc(-c2cc(Cl)c(Cl)c(Cl)c2Cl)c1Cl. The van der Waals surface area contributed by atoms with Crippen LogP contribution in [0.5, 0.6) is 0 Å². The van der Waals surface area contributed by atoms with Gasteiger partial charge in [0.1, 0.15) is 0 Å². The minimum Gasteiger partial charge on any atom is -0.224 e. The molecule has 0 radical (unpaired) electrons. The van der Waals surface area contributed by atoms with Crippen LogP contribution in [0.2, 0.25) is 30.1 Å². The minimum atomic E-state index is -3.58.